The molecular weight excluding hydrogens is 444 g/mol. The quantitative estimate of drug-likeness (QED) is 0.588. The maximum Gasteiger partial charge on any atom is 0.286 e. The SMILES string of the molecule is CCOc1ccc(C(=O)N2CCCC2c2nnc(C(=O)Nc3ccc4c(c3)OCO4)s2)cc1. The van der Waals surface area contributed by atoms with E-state index in [2.05, 4.69) is 15.5 Å². The van der Waals surface area contributed by atoms with Crippen LogP contribution in [0.3, 0.4) is 0 Å². The van der Waals surface area contributed by atoms with Crippen molar-refractivity contribution >= 4 is 28.8 Å². The van der Waals surface area contributed by atoms with Gasteiger partial charge in [-0.25, -0.2) is 0 Å². The van der Waals surface area contributed by atoms with Gasteiger partial charge in [0.2, 0.25) is 11.8 Å². The average Bonchev–Trinajstić information content (AvgIpc) is 3.59. The lowest BCUT2D eigenvalue weighted by Gasteiger charge is -2.22. The molecule has 3 heterocycles. The minimum absolute atomic E-state index is 0.0675. The highest BCUT2D eigenvalue weighted by atomic mass is 32.1. The fraction of sp³-hybridized carbons (Fsp3) is 0.304. The van der Waals surface area contributed by atoms with Crippen molar-refractivity contribution in [2.24, 2.45) is 0 Å². The summed E-state index contributed by atoms with van der Waals surface area (Å²) in [6.45, 7) is 3.29. The van der Waals surface area contributed by atoms with E-state index in [1.165, 1.54) is 11.3 Å². The Kier molecular flexibility index (Phi) is 5.82. The predicted molar refractivity (Wildman–Crippen MR) is 121 cm³/mol. The van der Waals surface area contributed by atoms with E-state index in [0.717, 1.165) is 18.6 Å². The molecule has 1 saturated heterocycles. The average molecular weight is 467 g/mol. The van der Waals surface area contributed by atoms with Gasteiger partial charge in [0.05, 0.1) is 12.6 Å². The molecule has 2 aliphatic rings. The van der Waals surface area contributed by atoms with E-state index in [1.54, 1.807) is 47.4 Å². The molecule has 0 saturated carbocycles. The van der Waals surface area contributed by atoms with Crippen LogP contribution in [-0.2, 0) is 0 Å². The summed E-state index contributed by atoms with van der Waals surface area (Å²) in [5.41, 5.74) is 1.17. The zero-order valence-corrected chi connectivity index (χ0v) is 18.8. The van der Waals surface area contributed by atoms with E-state index in [1.807, 2.05) is 6.92 Å². The Balaban J connectivity index is 1.28. The first kappa shape index (κ1) is 21.2. The number of carbonyl (C=O) groups excluding carboxylic acids is 2. The Bertz CT molecular complexity index is 1180. The molecule has 1 fully saturated rings. The maximum atomic E-state index is 13.1. The topological polar surface area (TPSA) is 103 Å². The van der Waals surface area contributed by atoms with Crippen molar-refractivity contribution in [3.63, 3.8) is 0 Å². The van der Waals surface area contributed by atoms with Crippen LogP contribution in [0.1, 0.15) is 51.0 Å². The van der Waals surface area contributed by atoms with Crippen LogP contribution < -0.4 is 19.5 Å². The van der Waals surface area contributed by atoms with E-state index in [0.29, 0.717) is 40.9 Å². The van der Waals surface area contributed by atoms with Crippen molar-refractivity contribution in [3.05, 3.63) is 58.0 Å². The van der Waals surface area contributed by atoms with Gasteiger partial charge in [-0.2, -0.15) is 0 Å². The van der Waals surface area contributed by atoms with Crippen molar-refractivity contribution < 1.29 is 23.8 Å². The molecule has 1 atom stereocenters. The number of hydrogen-bond donors (Lipinski definition) is 1. The zero-order valence-electron chi connectivity index (χ0n) is 17.9. The second kappa shape index (κ2) is 9.07. The summed E-state index contributed by atoms with van der Waals surface area (Å²) in [6.07, 6.45) is 1.65. The highest BCUT2D eigenvalue weighted by Gasteiger charge is 2.33. The number of carbonyl (C=O) groups is 2. The molecule has 10 heteroatoms. The molecule has 2 aromatic carbocycles. The lowest BCUT2D eigenvalue weighted by atomic mass is 10.1. The third-order valence-electron chi connectivity index (χ3n) is 5.48. The van der Waals surface area contributed by atoms with E-state index >= 15 is 0 Å². The lowest BCUT2D eigenvalue weighted by molar-refractivity contribution is 0.0735. The van der Waals surface area contributed by atoms with Crippen molar-refractivity contribution in [1.82, 2.24) is 15.1 Å². The largest absolute Gasteiger partial charge is 0.494 e. The Morgan fingerprint density at radius 2 is 1.97 bits per heavy atom. The second-order valence-electron chi connectivity index (χ2n) is 7.58. The van der Waals surface area contributed by atoms with E-state index in [9.17, 15) is 9.59 Å². The van der Waals surface area contributed by atoms with Crippen LogP contribution in [-0.4, -0.2) is 46.9 Å². The number of benzene rings is 2. The standard InChI is InChI=1S/C23H22N4O5S/c1-2-30-16-8-5-14(6-9-16)23(29)27-11-3-4-17(27)21-25-26-22(33-21)20(28)24-15-7-10-18-19(12-15)32-13-31-18/h5-10,12,17H,2-4,11,13H2,1H3,(H,24,28). The van der Waals surface area contributed by atoms with Crippen molar-refractivity contribution in [1.29, 1.82) is 0 Å². The predicted octanol–water partition coefficient (Wildman–Crippen LogP) is 3.90. The van der Waals surface area contributed by atoms with Crippen LogP contribution in [0.4, 0.5) is 5.69 Å². The fourth-order valence-corrected chi connectivity index (χ4v) is 4.80. The minimum Gasteiger partial charge on any atom is -0.494 e. The van der Waals surface area contributed by atoms with Gasteiger partial charge in [-0.3, -0.25) is 9.59 Å². The molecule has 0 bridgehead atoms. The van der Waals surface area contributed by atoms with Crippen LogP contribution in [0, 0.1) is 0 Å². The summed E-state index contributed by atoms with van der Waals surface area (Å²) < 4.78 is 16.1. The number of amides is 2. The Hall–Kier alpha value is -3.66. The third kappa shape index (κ3) is 4.34. The molecule has 3 aromatic rings. The highest BCUT2D eigenvalue weighted by Crippen LogP contribution is 2.36. The molecule has 1 unspecified atom stereocenters. The Labute approximate surface area is 194 Å². The van der Waals surface area contributed by atoms with Crippen LogP contribution in [0.15, 0.2) is 42.5 Å². The van der Waals surface area contributed by atoms with Gasteiger partial charge in [-0.1, -0.05) is 11.3 Å². The molecule has 1 N–H and O–H groups in total. The van der Waals surface area contributed by atoms with E-state index in [-0.39, 0.29) is 29.7 Å². The summed E-state index contributed by atoms with van der Waals surface area (Å²) >= 11 is 1.20. The molecular formula is C23H22N4O5S. The number of aromatic nitrogens is 2. The van der Waals surface area contributed by atoms with Gasteiger partial charge in [0, 0.05) is 23.9 Å². The summed E-state index contributed by atoms with van der Waals surface area (Å²) in [5, 5.41) is 12.0. The molecule has 0 radical (unpaired) electrons. The number of nitrogens with one attached hydrogen (secondary N) is 1. The van der Waals surface area contributed by atoms with Crippen molar-refractivity contribution in [2.75, 3.05) is 25.3 Å². The maximum absolute atomic E-state index is 13.1. The normalized spacial score (nSPS) is 16.6. The zero-order chi connectivity index (χ0) is 22.8. The van der Waals surface area contributed by atoms with Gasteiger partial charge in [0.15, 0.2) is 11.5 Å². The van der Waals surface area contributed by atoms with E-state index < -0.39 is 0 Å². The summed E-state index contributed by atoms with van der Waals surface area (Å²) in [4.78, 5) is 27.6. The van der Waals surface area contributed by atoms with Gasteiger partial charge in [0.25, 0.3) is 11.8 Å². The van der Waals surface area contributed by atoms with Crippen molar-refractivity contribution in [3.8, 4) is 17.2 Å². The second-order valence-corrected chi connectivity index (χ2v) is 8.59. The first-order valence-corrected chi connectivity index (χ1v) is 11.5. The summed E-state index contributed by atoms with van der Waals surface area (Å²) in [5.74, 6) is 1.53. The lowest BCUT2D eigenvalue weighted by Crippen LogP contribution is -2.30. The van der Waals surface area contributed by atoms with Gasteiger partial charge in [-0.15, -0.1) is 10.2 Å². The molecule has 5 rings (SSSR count). The van der Waals surface area contributed by atoms with E-state index in [4.69, 9.17) is 14.2 Å². The van der Waals surface area contributed by atoms with Gasteiger partial charge in [-0.05, 0) is 56.2 Å². The smallest absolute Gasteiger partial charge is 0.286 e. The number of anilines is 1. The molecule has 170 valence electrons. The van der Waals surface area contributed by atoms with Crippen molar-refractivity contribution in [2.45, 2.75) is 25.8 Å². The number of rotatable bonds is 6. The van der Waals surface area contributed by atoms with Crippen LogP contribution in [0.25, 0.3) is 0 Å². The number of ether oxygens (including phenoxy) is 3. The van der Waals surface area contributed by atoms with Gasteiger partial charge < -0.3 is 24.4 Å². The van der Waals surface area contributed by atoms with Gasteiger partial charge in [0.1, 0.15) is 10.8 Å². The fourth-order valence-electron chi connectivity index (χ4n) is 3.91. The molecule has 33 heavy (non-hydrogen) atoms. The van der Waals surface area contributed by atoms with Crippen LogP contribution >= 0.6 is 11.3 Å². The molecule has 1 aromatic heterocycles. The summed E-state index contributed by atoms with van der Waals surface area (Å²) in [7, 11) is 0. The highest BCUT2D eigenvalue weighted by molar-refractivity contribution is 7.13. The monoisotopic (exact) mass is 466 g/mol. The number of fused-ring (bicyclic) bond motifs is 1. The van der Waals surface area contributed by atoms with Gasteiger partial charge >= 0.3 is 0 Å². The molecule has 0 spiro atoms. The number of hydrogen-bond acceptors (Lipinski definition) is 8. The first-order chi connectivity index (χ1) is 16.1. The molecule has 2 aliphatic heterocycles. The molecule has 2 amide bonds. The van der Waals surface area contributed by atoms with Crippen LogP contribution in [0.5, 0.6) is 17.2 Å². The third-order valence-corrected chi connectivity index (χ3v) is 6.50. The Morgan fingerprint density at radius 3 is 2.79 bits per heavy atom. The number of likely N-dealkylation sites (tertiary alicyclic amines) is 1. The van der Waals surface area contributed by atoms with Crippen LogP contribution in [0.2, 0.25) is 0 Å². The first-order valence-electron chi connectivity index (χ1n) is 10.7. The Morgan fingerprint density at radius 1 is 1.15 bits per heavy atom. The minimum atomic E-state index is -0.361. The molecule has 9 nitrogen and oxygen atoms in total. The molecule has 0 aliphatic carbocycles. The summed E-state index contributed by atoms with van der Waals surface area (Å²) in [6, 6.07) is 12.1. The number of nitrogens with zero attached hydrogens (tertiary/aromatic N) is 3.